The van der Waals surface area contributed by atoms with Gasteiger partial charge in [0.25, 0.3) is 0 Å². The second kappa shape index (κ2) is 7.38. The minimum Gasteiger partial charge on any atom is -0.444 e. The van der Waals surface area contributed by atoms with Gasteiger partial charge in [0.1, 0.15) is 5.60 Å². The molecule has 0 saturated carbocycles. The number of ether oxygens (including phenoxy) is 1. The first kappa shape index (κ1) is 15.1. The van der Waals surface area contributed by atoms with E-state index in [0.717, 1.165) is 0 Å². The molecule has 5 nitrogen and oxygen atoms in total. The highest BCUT2D eigenvalue weighted by Gasteiger charge is 2.15. The van der Waals surface area contributed by atoms with E-state index in [0.29, 0.717) is 12.3 Å². The molecular formula is C10H20N2O3S. The van der Waals surface area contributed by atoms with Gasteiger partial charge in [-0.05, 0) is 20.8 Å². The number of carbonyl (C=O) groups is 2. The maximum atomic E-state index is 11.2. The van der Waals surface area contributed by atoms with Crippen LogP contribution < -0.4 is 10.6 Å². The monoisotopic (exact) mass is 248 g/mol. The fourth-order valence-electron chi connectivity index (χ4n) is 0.876. The van der Waals surface area contributed by atoms with Gasteiger partial charge in [0.2, 0.25) is 5.91 Å². The van der Waals surface area contributed by atoms with Gasteiger partial charge >= 0.3 is 6.09 Å². The van der Waals surface area contributed by atoms with E-state index in [9.17, 15) is 9.59 Å². The lowest BCUT2D eigenvalue weighted by atomic mass is 10.2. The summed E-state index contributed by atoms with van der Waals surface area (Å²) in [6.45, 7) is 6.16. The number of thiol groups is 1. The Morgan fingerprint density at radius 3 is 2.31 bits per heavy atom. The van der Waals surface area contributed by atoms with Crippen LogP contribution >= 0.6 is 12.6 Å². The van der Waals surface area contributed by atoms with Crippen LogP contribution in [0.5, 0.6) is 0 Å². The number of nitrogens with one attached hydrogen (secondary N) is 2. The Hall–Kier alpha value is -0.910. The van der Waals surface area contributed by atoms with Gasteiger partial charge in [0.05, 0.1) is 0 Å². The molecule has 0 rings (SSSR count). The van der Waals surface area contributed by atoms with Crippen LogP contribution in [0, 0.1) is 0 Å². The van der Waals surface area contributed by atoms with Gasteiger partial charge in [-0.3, -0.25) is 4.79 Å². The molecule has 0 radical (unpaired) electrons. The predicted octanol–water partition coefficient (Wildman–Crippen LogP) is 0.947. The van der Waals surface area contributed by atoms with Crippen LogP contribution in [0.1, 0.15) is 27.2 Å². The molecular weight excluding hydrogens is 228 g/mol. The van der Waals surface area contributed by atoms with E-state index in [-0.39, 0.29) is 18.9 Å². The minimum atomic E-state index is -0.516. The Bertz CT molecular complexity index is 239. The Kier molecular flexibility index (Phi) is 6.96. The third-order valence-electron chi connectivity index (χ3n) is 1.45. The van der Waals surface area contributed by atoms with E-state index < -0.39 is 11.7 Å². The van der Waals surface area contributed by atoms with Crippen molar-refractivity contribution in [3.8, 4) is 0 Å². The lowest BCUT2D eigenvalue weighted by Gasteiger charge is -2.19. The van der Waals surface area contributed by atoms with Crippen molar-refractivity contribution in [2.24, 2.45) is 0 Å². The fourth-order valence-corrected chi connectivity index (χ4v) is 0.988. The lowest BCUT2D eigenvalue weighted by Crippen LogP contribution is -2.35. The second-order valence-corrected chi connectivity index (χ2v) is 4.70. The van der Waals surface area contributed by atoms with Crippen molar-refractivity contribution in [3.63, 3.8) is 0 Å². The summed E-state index contributed by atoms with van der Waals surface area (Å²) in [7, 11) is 0. The maximum absolute atomic E-state index is 11.2. The summed E-state index contributed by atoms with van der Waals surface area (Å²) in [5.74, 6) is 0.496. The molecule has 0 atom stereocenters. The maximum Gasteiger partial charge on any atom is 0.407 e. The average Bonchev–Trinajstić information content (AvgIpc) is 2.11. The van der Waals surface area contributed by atoms with Crippen molar-refractivity contribution >= 4 is 24.6 Å². The van der Waals surface area contributed by atoms with Crippen LogP contribution in [0.25, 0.3) is 0 Å². The summed E-state index contributed by atoms with van der Waals surface area (Å²) in [6, 6.07) is 0. The van der Waals surface area contributed by atoms with Crippen molar-refractivity contribution in [2.45, 2.75) is 32.8 Å². The number of carbonyl (C=O) groups excluding carboxylic acids is 2. The predicted molar refractivity (Wildman–Crippen MR) is 65.7 cm³/mol. The molecule has 0 aromatic carbocycles. The van der Waals surface area contributed by atoms with E-state index in [4.69, 9.17) is 4.74 Å². The lowest BCUT2D eigenvalue weighted by molar-refractivity contribution is -0.120. The normalized spacial score (nSPS) is 10.8. The highest BCUT2D eigenvalue weighted by atomic mass is 32.1. The summed E-state index contributed by atoms with van der Waals surface area (Å²) < 4.78 is 5.01. The van der Waals surface area contributed by atoms with E-state index in [1.54, 1.807) is 20.8 Å². The largest absolute Gasteiger partial charge is 0.444 e. The summed E-state index contributed by atoms with van der Waals surface area (Å²) >= 11 is 3.96. The van der Waals surface area contributed by atoms with Gasteiger partial charge in [-0.2, -0.15) is 12.6 Å². The van der Waals surface area contributed by atoms with Crippen molar-refractivity contribution in [3.05, 3.63) is 0 Å². The number of hydrogen-bond acceptors (Lipinski definition) is 4. The molecule has 94 valence electrons. The number of alkyl carbamates (subject to hydrolysis) is 1. The zero-order valence-corrected chi connectivity index (χ0v) is 10.9. The quantitative estimate of drug-likeness (QED) is 0.635. The molecule has 0 fully saturated rings. The first-order chi connectivity index (χ1) is 7.35. The molecule has 0 spiro atoms. The Morgan fingerprint density at radius 2 is 1.81 bits per heavy atom. The second-order valence-electron chi connectivity index (χ2n) is 4.25. The molecule has 0 aromatic rings. The molecule has 16 heavy (non-hydrogen) atoms. The van der Waals surface area contributed by atoms with Crippen LogP contribution in [-0.4, -0.2) is 36.4 Å². The third kappa shape index (κ3) is 9.64. The Labute approximate surface area is 102 Å². The fraction of sp³-hybridized carbons (Fsp3) is 0.800. The SMILES string of the molecule is CC(C)(C)OC(=O)NCCC(=O)NCCS. The number of hydrogen-bond donors (Lipinski definition) is 3. The summed E-state index contributed by atoms with van der Waals surface area (Å²) in [5, 5.41) is 5.15. The van der Waals surface area contributed by atoms with Gasteiger partial charge in [-0.15, -0.1) is 0 Å². The summed E-state index contributed by atoms with van der Waals surface area (Å²) in [5.41, 5.74) is -0.516. The van der Waals surface area contributed by atoms with E-state index in [1.165, 1.54) is 0 Å². The molecule has 0 bridgehead atoms. The highest BCUT2D eigenvalue weighted by molar-refractivity contribution is 7.80. The van der Waals surface area contributed by atoms with Crippen molar-refractivity contribution in [2.75, 3.05) is 18.8 Å². The van der Waals surface area contributed by atoms with Crippen molar-refractivity contribution < 1.29 is 14.3 Å². The molecule has 2 amide bonds. The topological polar surface area (TPSA) is 67.4 Å². The van der Waals surface area contributed by atoms with Gasteiger partial charge in [-0.25, -0.2) is 4.79 Å². The first-order valence-electron chi connectivity index (χ1n) is 5.19. The van der Waals surface area contributed by atoms with Crippen LogP contribution in [0.3, 0.4) is 0 Å². The van der Waals surface area contributed by atoms with Gasteiger partial charge < -0.3 is 15.4 Å². The molecule has 0 unspecified atom stereocenters. The zero-order chi connectivity index (χ0) is 12.6. The molecule has 0 aliphatic rings. The van der Waals surface area contributed by atoms with Gasteiger partial charge in [0.15, 0.2) is 0 Å². The van der Waals surface area contributed by atoms with Crippen LogP contribution in [0.2, 0.25) is 0 Å². The average molecular weight is 248 g/mol. The third-order valence-corrected chi connectivity index (χ3v) is 1.68. The van der Waals surface area contributed by atoms with E-state index in [2.05, 4.69) is 23.3 Å². The van der Waals surface area contributed by atoms with Crippen LogP contribution in [-0.2, 0) is 9.53 Å². The molecule has 0 aromatic heterocycles. The van der Waals surface area contributed by atoms with E-state index >= 15 is 0 Å². The van der Waals surface area contributed by atoms with Crippen molar-refractivity contribution in [1.82, 2.24) is 10.6 Å². The van der Waals surface area contributed by atoms with Gasteiger partial charge in [-0.1, -0.05) is 0 Å². The molecule has 0 aliphatic heterocycles. The summed E-state index contributed by atoms with van der Waals surface area (Å²) in [4.78, 5) is 22.3. The Morgan fingerprint density at radius 1 is 1.19 bits per heavy atom. The van der Waals surface area contributed by atoms with E-state index in [1.807, 2.05) is 0 Å². The minimum absolute atomic E-state index is 0.106. The Balaban J connectivity index is 3.58. The molecule has 6 heteroatoms. The standard InChI is InChI=1S/C10H20N2O3S/c1-10(2,3)15-9(14)12-5-4-8(13)11-6-7-16/h16H,4-7H2,1-3H3,(H,11,13)(H,12,14). The van der Waals surface area contributed by atoms with Crippen molar-refractivity contribution in [1.29, 1.82) is 0 Å². The zero-order valence-electron chi connectivity index (χ0n) is 10.0. The molecule has 0 saturated heterocycles. The van der Waals surface area contributed by atoms with Gasteiger partial charge in [0, 0.05) is 25.3 Å². The smallest absolute Gasteiger partial charge is 0.407 e. The first-order valence-corrected chi connectivity index (χ1v) is 5.83. The highest BCUT2D eigenvalue weighted by Crippen LogP contribution is 2.06. The number of rotatable bonds is 5. The van der Waals surface area contributed by atoms with Crippen LogP contribution in [0.15, 0.2) is 0 Å². The van der Waals surface area contributed by atoms with Crippen LogP contribution in [0.4, 0.5) is 4.79 Å². The molecule has 0 heterocycles. The number of amides is 2. The molecule has 2 N–H and O–H groups in total. The summed E-state index contributed by atoms with van der Waals surface area (Å²) in [6.07, 6.45) is -0.262. The molecule has 0 aliphatic carbocycles.